The van der Waals surface area contributed by atoms with E-state index in [2.05, 4.69) is 37.3 Å². The average Bonchev–Trinajstić information content (AvgIpc) is 2.52. The molecular formula is C11H20N2S2. The van der Waals surface area contributed by atoms with Crippen molar-refractivity contribution in [3.8, 4) is 0 Å². The highest BCUT2D eigenvalue weighted by atomic mass is 32.2. The highest BCUT2D eigenvalue weighted by Gasteiger charge is 2.05. The van der Waals surface area contributed by atoms with Gasteiger partial charge in [-0.15, -0.1) is 11.3 Å². The van der Waals surface area contributed by atoms with Gasteiger partial charge in [0.05, 0.1) is 5.69 Å². The van der Waals surface area contributed by atoms with Gasteiger partial charge in [-0.2, -0.15) is 11.8 Å². The molecule has 0 saturated heterocycles. The summed E-state index contributed by atoms with van der Waals surface area (Å²) in [5.74, 6) is 1.23. The largest absolute Gasteiger partial charge is 0.308 e. The van der Waals surface area contributed by atoms with Crippen LogP contribution in [0, 0.1) is 13.8 Å². The molecular weight excluding hydrogens is 224 g/mol. The van der Waals surface area contributed by atoms with Crippen molar-refractivity contribution in [3.05, 3.63) is 15.6 Å². The highest BCUT2D eigenvalue weighted by molar-refractivity contribution is 7.98. The van der Waals surface area contributed by atoms with Gasteiger partial charge in [0.2, 0.25) is 0 Å². The van der Waals surface area contributed by atoms with Crippen LogP contribution < -0.4 is 5.32 Å². The van der Waals surface area contributed by atoms with Crippen molar-refractivity contribution in [1.29, 1.82) is 0 Å². The minimum absolute atomic E-state index is 0.585. The molecule has 1 aromatic rings. The van der Waals surface area contributed by atoms with Crippen LogP contribution in [0.25, 0.3) is 0 Å². The molecule has 0 saturated carbocycles. The van der Waals surface area contributed by atoms with Gasteiger partial charge in [0.25, 0.3) is 0 Å². The lowest BCUT2D eigenvalue weighted by Crippen LogP contribution is -2.25. The second-order valence-corrected chi connectivity index (χ2v) is 6.09. The summed E-state index contributed by atoms with van der Waals surface area (Å²) in [4.78, 5) is 5.85. The van der Waals surface area contributed by atoms with E-state index in [1.54, 1.807) is 11.3 Å². The van der Waals surface area contributed by atoms with Crippen LogP contribution in [0.4, 0.5) is 0 Å². The monoisotopic (exact) mass is 244 g/mol. The first-order valence-electron chi connectivity index (χ1n) is 5.28. The molecule has 0 spiro atoms. The molecule has 0 aromatic carbocycles. The second-order valence-electron chi connectivity index (χ2n) is 3.81. The molecule has 86 valence electrons. The number of nitrogens with one attached hydrogen (secondary N) is 1. The second kappa shape index (κ2) is 6.51. The summed E-state index contributed by atoms with van der Waals surface area (Å²) in [7, 11) is 0. The standard InChI is InChI=1S/C11H20N2S2/c1-8(5-6-14-4)12-7-11-13-9(2)10(3)15-11/h8,12H,5-7H2,1-4H3. The van der Waals surface area contributed by atoms with Crippen molar-refractivity contribution in [3.63, 3.8) is 0 Å². The summed E-state index contributed by atoms with van der Waals surface area (Å²) < 4.78 is 0. The summed E-state index contributed by atoms with van der Waals surface area (Å²) in [6, 6.07) is 0.585. The van der Waals surface area contributed by atoms with Crippen LogP contribution in [0.2, 0.25) is 0 Å². The predicted octanol–water partition coefficient (Wildman–Crippen LogP) is 2.99. The number of thioether (sulfide) groups is 1. The lowest BCUT2D eigenvalue weighted by molar-refractivity contribution is 0.536. The van der Waals surface area contributed by atoms with E-state index < -0.39 is 0 Å². The van der Waals surface area contributed by atoms with E-state index in [1.807, 2.05) is 11.8 Å². The van der Waals surface area contributed by atoms with Crippen molar-refractivity contribution in [1.82, 2.24) is 10.3 Å². The van der Waals surface area contributed by atoms with Crippen molar-refractivity contribution in [2.45, 2.75) is 39.8 Å². The van der Waals surface area contributed by atoms with Gasteiger partial charge < -0.3 is 5.32 Å². The summed E-state index contributed by atoms with van der Waals surface area (Å²) >= 11 is 3.71. The molecule has 1 aromatic heterocycles. The molecule has 0 amide bonds. The van der Waals surface area contributed by atoms with Gasteiger partial charge in [0.1, 0.15) is 5.01 Å². The summed E-state index contributed by atoms with van der Waals surface area (Å²) in [6.45, 7) is 7.36. The molecule has 0 aliphatic heterocycles. The normalized spacial score (nSPS) is 13.1. The fraction of sp³-hybridized carbons (Fsp3) is 0.727. The maximum Gasteiger partial charge on any atom is 0.107 e. The number of rotatable bonds is 6. The summed E-state index contributed by atoms with van der Waals surface area (Å²) in [5, 5.41) is 4.72. The zero-order valence-electron chi connectivity index (χ0n) is 9.96. The van der Waals surface area contributed by atoms with Crippen molar-refractivity contribution in [2.24, 2.45) is 0 Å². The number of nitrogens with zero attached hydrogens (tertiary/aromatic N) is 1. The number of hydrogen-bond donors (Lipinski definition) is 1. The Kier molecular flexibility index (Phi) is 5.64. The lowest BCUT2D eigenvalue weighted by atomic mass is 10.2. The third-order valence-electron chi connectivity index (χ3n) is 2.43. The van der Waals surface area contributed by atoms with Crippen LogP contribution in [0.5, 0.6) is 0 Å². The van der Waals surface area contributed by atoms with E-state index in [1.165, 1.54) is 27.8 Å². The Morgan fingerprint density at radius 2 is 2.20 bits per heavy atom. The first kappa shape index (κ1) is 13.0. The topological polar surface area (TPSA) is 24.9 Å². The van der Waals surface area contributed by atoms with Gasteiger partial charge in [-0.05, 0) is 39.2 Å². The molecule has 2 nitrogen and oxygen atoms in total. The van der Waals surface area contributed by atoms with Crippen LogP contribution in [0.15, 0.2) is 0 Å². The Labute approximate surface area is 101 Å². The molecule has 0 aliphatic rings. The molecule has 1 N–H and O–H groups in total. The molecule has 4 heteroatoms. The van der Waals surface area contributed by atoms with Crippen LogP contribution >= 0.6 is 23.1 Å². The maximum absolute atomic E-state index is 4.51. The van der Waals surface area contributed by atoms with Crippen molar-refractivity contribution < 1.29 is 0 Å². The molecule has 0 fully saturated rings. The van der Waals surface area contributed by atoms with Gasteiger partial charge in [0.15, 0.2) is 0 Å². The molecule has 0 aliphatic carbocycles. The zero-order chi connectivity index (χ0) is 11.3. The molecule has 1 unspecified atom stereocenters. The number of aryl methyl sites for hydroxylation is 2. The van der Waals surface area contributed by atoms with Gasteiger partial charge in [0, 0.05) is 17.5 Å². The number of thiazole rings is 1. The third-order valence-corrected chi connectivity index (χ3v) is 4.15. The van der Waals surface area contributed by atoms with Crippen molar-refractivity contribution in [2.75, 3.05) is 12.0 Å². The SMILES string of the molecule is CSCCC(C)NCc1nc(C)c(C)s1. The quantitative estimate of drug-likeness (QED) is 0.833. The van der Waals surface area contributed by atoms with E-state index in [9.17, 15) is 0 Å². The molecule has 15 heavy (non-hydrogen) atoms. The smallest absolute Gasteiger partial charge is 0.107 e. The number of hydrogen-bond acceptors (Lipinski definition) is 4. The van der Waals surface area contributed by atoms with E-state index in [0.717, 1.165) is 6.54 Å². The minimum Gasteiger partial charge on any atom is -0.308 e. The fourth-order valence-electron chi connectivity index (χ4n) is 1.27. The molecule has 1 heterocycles. The Balaban J connectivity index is 2.30. The summed E-state index contributed by atoms with van der Waals surface area (Å²) in [5.41, 5.74) is 1.17. The molecule has 0 radical (unpaired) electrons. The molecule has 1 atom stereocenters. The number of aromatic nitrogens is 1. The molecule has 1 rings (SSSR count). The first-order valence-corrected chi connectivity index (χ1v) is 7.49. The van der Waals surface area contributed by atoms with E-state index in [-0.39, 0.29) is 0 Å². The van der Waals surface area contributed by atoms with Crippen molar-refractivity contribution >= 4 is 23.1 Å². The van der Waals surface area contributed by atoms with Crippen LogP contribution in [0.1, 0.15) is 28.9 Å². The van der Waals surface area contributed by atoms with E-state index in [0.29, 0.717) is 6.04 Å². The Bertz CT molecular complexity index is 277. The van der Waals surface area contributed by atoms with Gasteiger partial charge in [-0.1, -0.05) is 0 Å². The highest BCUT2D eigenvalue weighted by Crippen LogP contribution is 2.16. The van der Waals surface area contributed by atoms with Gasteiger partial charge in [-0.3, -0.25) is 0 Å². The Hall–Kier alpha value is -0.0600. The maximum atomic E-state index is 4.51. The lowest BCUT2D eigenvalue weighted by Gasteiger charge is -2.11. The minimum atomic E-state index is 0.585. The Morgan fingerprint density at radius 1 is 1.47 bits per heavy atom. The van der Waals surface area contributed by atoms with E-state index in [4.69, 9.17) is 0 Å². The van der Waals surface area contributed by atoms with E-state index >= 15 is 0 Å². The predicted molar refractivity (Wildman–Crippen MR) is 70.9 cm³/mol. The van der Waals surface area contributed by atoms with Crippen LogP contribution in [-0.2, 0) is 6.54 Å². The zero-order valence-corrected chi connectivity index (χ0v) is 11.6. The third kappa shape index (κ3) is 4.53. The Morgan fingerprint density at radius 3 is 2.73 bits per heavy atom. The molecule has 0 bridgehead atoms. The average molecular weight is 244 g/mol. The van der Waals surface area contributed by atoms with Crippen LogP contribution in [-0.4, -0.2) is 23.0 Å². The first-order chi connectivity index (χ1) is 7.13. The fourth-order valence-corrected chi connectivity index (χ4v) is 2.75. The van der Waals surface area contributed by atoms with Gasteiger partial charge >= 0.3 is 0 Å². The summed E-state index contributed by atoms with van der Waals surface area (Å²) in [6.07, 6.45) is 3.38. The van der Waals surface area contributed by atoms with Gasteiger partial charge in [-0.25, -0.2) is 4.98 Å². The van der Waals surface area contributed by atoms with Crippen LogP contribution in [0.3, 0.4) is 0 Å².